The molecule has 10 nitrogen and oxygen atoms in total. The lowest BCUT2D eigenvalue weighted by atomic mass is 9.93. The Hall–Kier alpha value is -4.31. The summed E-state index contributed by atoms with van der Waals surface area (Å²) >= 11 is 0. The van der Waals surface area contributed by atoms with Crippen LogP contribution in [0.1, 0.15) is 56.6 Å². The monoisotopic (exact) mass is 587 g/mol. The van der Waals surface area contributed by atoms with E-state index in [2.05, 4.69) is 48.6 Å². The predicted octanol–water partition coefficient (Wildman–Crippen LogP) is 2.89. The number of rotatable bonds is 14. The first kappa shape index (κ1) is 31.6. The van der Waals surface area contributed by atoms with Gasteiger partial charge in [0.15, 0.2) is 0 Å². The van der Waals surface area contributed by atoms with E-state index < -0.39 is 42.3 Å². The van der Waals surface area contributed by atoms with Crippen LogP contribution in [-0.2, 0) is 25.5 Å². The zero-order valence-corrected chi connectivity index (χ0v) is 25.1. The van der Waals surface area contributed by atoms with Crippen molar-refractivity contribution in [3.8, 4) is 0 Å². The quantitative estimate of drug-likeness (QED) is 0.213. The Balaban J connectivity index is 1.46. The third-order valence-electron chi connectivity index (χ3n) is 7.65. The summed E-state index contributed by atoms with van der Waals surface area (Å²) < 4.78 is 5.91. The molecular formula is C33H41N5O5. The van der Waals surface area contributed by atoms with Crippen molar-refractivity contribution >= 4 is 34.5 Å². The van der Waals surface area contributed by atoms with Gasteiger partial charge >= 0.3 is 0 Å². The van der Waals surface area contributed by atoms with Crippen LogP contribution in [0.25, 0.3) is 10.9 Å². The van der Waals surface area contributed by atoms with Gasteiger partial charge < -0.3 is 26.4 Å². The topological polar surface area (TPSA) is 156 Å². The van der Waals surface area contributed by atoms with Crippen LogP contribution in [0.15, 0.2) is 66.7 Å². The summed E-state index contributed by atoms with van der Waals surface area (Å²) in [4.78, 5) is 55.7. The number of fused-ring (bicyclic) bond motifs is 1. The number of carbonyl (C=O) groups excluding carboxylic acids is 4. The van der Waals surface area contributed by atoms with Crippen molar-refractivity contribution < 1.29 is 23.9 Å². The molecule has 4 atom stereocenters. The molecule has 1 aliphatic rings. The summed E-state index contributed by atoms with van der Waals surface area (Å²) in [6, 6.07) is 18.6. The Morgan fingerprint density at radius 3 is 2.21 bits per heavy atom. The summed E-state index contributed by atoms with van der Waals surface area (Å²) in [5.74, 6) is -1.46. The van der Waals surface area contributed by atoms with Crippen molar-refractivity contribution in [2.24, 2.45) is 17.6 Å². The van der Waals surface area contributed by atoms with E-state index in [-0.39, 0.29) is 42.0 Å². The predicted molar refractivity (Wildman–Crippen MR) is 164 cm³/mol. The number of nitrogens with two attached hydrogens (primary N) is 1. The number of hydrogen-bond acceptors (Lipinski definition) is 6. The van der Waals surface area contributed by atoms with Crippen LogP contribution in [0.3, 0.4) is 0 Å². The highest BCUT2D eigenvalue weighted by Gasteiger charge is 2.47. The number of epoxide rings is 1. The van der Waals surface area contributed by atoms with E-state index in [1.165, 1.54) is 0 Å². The number of benzene rings is 2. The molecule has 0 bridgehead atoms. The summed E-state index contributed by atoms with van der Waals surface area (Å²) in [7, 11) is 0. The smallest absolute Gasteiger partial charge is 0.270 e. The van der Waals surface area contributed by atoms with Gasteiger partial charge in [-0.1, -0.05) is 82.3 Å². The molecule has 0 aliphatic carbocycles. The fourth-order valence-corrected chi connectivity index (χ4v) is 5.44. The highest BCUT2D eigenvalue weighted by molar-refractivity contribution is 5.99. The molecule has 43 heavy (non-hydrogen) atoms. The van der Waals surface area contributed by atoms with Crippen molar-refractivity contribution in [3.05, 3.63) is 78.0 Å². The number of ether oxygens (including phenoxy) is 1. The molecule has 5 N–H and O–H groups in total. The van der Waals surface area contributed by atoms with Crippen LogP contribution < -0.4 is 21.7 Å². The van der Waals surface area contributed by atoms with E-state index in [9.17, 15) is 19.2 Å². The maximum absolute atomic E-state index is 13.5. The number of para-hydroxylation sites is 1. The standard InChI is InChI=1S/C33H41N5O5/c1-19(2)30(20(3)4)38-29(40)18-27-31(43-27)25(16-21-10-6-5-7-11-21)36-33(42)26(17-28(34)39)37-32(41)24-15-14-22-12-8-9-13-23(22)35-24/h5-15,19-20,25-27,30-31H,16-18H2,1-4H3,(H2,34,39)(H,36,42)(H,37,41)(H,38,40)/t25-,26-,27-,31+/m0/s1. The summed E-state index contributed by atoms with van der Waals surface area (Å²) in [5.41, 5.74) is 7.15. The molecule has 10 heteroatoms. The molecule has 1 aromatic heterocycles. The Bertz CT molecular complexity index is 1440. The van der Waals surface area contributed by atoms with Gasteiger partial charge in [0.25, 0.3) is 5.91 Å². The van der Waals surface area contributed by atoms with Crippen molar-refractivity contribution in [2.75, 3.05) is 0 Å². The fraction of sp³-hybridized carbons (Fsp3) is 0.424. The molecule has 3 aromatic rings. The van der Waals surface area contributed by atoms with Crippen molar-refractivity contribution in [2.45, 2.75) is 77.3 Å². The second-order valence-electron chi connectivity index (χ2n) is 11.8. The van der Waals surface area contributed by atoms with E-state index in [1.54, 1.807) is 18.2 Å². The molecule has 0 saturated carbocycles. The molecule has 2 heterocycles. The lowest BCUT2D eigenvalue weighted by Crippen LogP contribution is -2.53. The number of hydrogen-bond donors (Lipinski definition) is 4. The molecule has 228 valence electrons. The van der Waals surface area contributed by atoms with Crippen LogP contribution in [0, 0.1) is 11.8 Å². The second-order valence-corrected chi connectivity index (χ2v) is 11.8. The Kier molecular flexibility index (Phi) is 10.5. The summed E-state index contributed by atoms with van der Waals surface area (Å²) in [6.07, 6.45) is -0.596. The molecule has 0 radical (unpaired) electrons. The maximum atomic E-state index is 13.5. The van der Waals surface area contributed by atoms with Crippen LogP contribution in [-0.4, -0.2) is 58.9 Å². The van der Waals surface area contributed by atoms with E-state index in [0.717, 1.165) is 10.9 Å². The molecule has 2 aromatic carbocycles. The molecule has 4 amide bonds. The van der Waals surface area contributed by atoms with Crippen LogP contribution >= 0.6 is 0 Å². The minimum Gasteiger partial charge on any atom is -0.370 e. The first-order chi connectivity index (χ1) is 20.5. The molecule has 1 saturated heterocycles. The lowest BCUT2D eigenvalue weighted by Gasteiger charge is -2.26. The lowest BCUT2D eigenvalue weighted by molar-refractivity contribution is -0.127. The van der Waals surface area contributed by atoms with E-state index in [1.807, 2.05) is 48.5 Å². The summed E-state index contributed by atoms with van der Waals surface area (Å²) in [6.45, 7) is 8.29. The highest BCUT2D eigenvalue weighted by Crippen LogP contribution is 2.30. The third kappa shape index (κ3) is 8.84. The number of nitrogens with one attached hydrogen (secondary N) is 3. The van der Waals surface area contributed by atoms with Gasteiger partial charge in [0, 0.05) is 11.4 Å². The van der Waals surface area contributed by atoms with Gasteiger partial charge in [-0.15, -0.1) is 0 Å². The number of pyridine rings is 1. The molecule has 0 spiro atoms. The molecule has 4 rings (SSSR count). The van der Waals surface area contributed by atoms with Gasteiger partial charge in [0.05, 0.1) is 30.5 Å². The molecule has 1 fully saturated rings. The van der Waals surface area contributed by atoms with Crippen LogP contribution in [0.2, 0.25) is 0 Å². The number of aromatic nitrogens is 1. The van der Waals surface area contributed by atoms with Crippen LogP contribution in [0.5, 0.6) is 0 Å². The first-order valence-corrected chi connectivity index (χ1v) is 14.8. The number of primary amides is 1. The minimum atomic E-state index is -1.23. The zero-order valence-electron chi connectivity index (χ0n) is 25.1. The van der Waals surface area contributed by atoms with E-state index >= 15 is 0 Å². The van der Waals surface area contributed by atoms with Crippen molar-refractivity contribution in [1.29, 1.82) is 0 Å². The highest BCUT2D eigenvalue weighted by atomic mass is 16.6. The van der Waals surface area contributed by atoms with Gasteiger partial charge in [-0.05, 0) is 36.0 Å². The maximum Gasteiger partial charge on any atom is 0.270 e. The number of carbonyl (C=O) groups is 4. The third-order valence-corrected chi connectivity index (χ3v) is 7.65. The van der Waals surface area contributed by atoms with Gasteiger partial charge in [-0.2, -0.15) is 0 Å². The minimum absolute atomic E-state index is 0.0415. The number of amides is 4. The van der Waals surface area contributed by atoms with Gasteiger partial charge in [0.1, 0.15) is 17.8 Å². The molecular weight excluding hydrogens is 546 g/mol. The molecule has 0 unspecified atom stereocenters. The van der Waals surface area contributed by atoms with Gasteiger partial charge in [0.2, 0.25) is 17.7 Å². The zero-order chi connectivity index (χ0) is 31.1. The van der Waals surface area contributed by atoms with Gasteiger partial charge in [-0.25, -0.2) is 4.98 Å². The van der Waals surface area contributed by atoms with E-state index in [4.69, 9.17) is 10.5 Å². The first-order valence-electron chi connectivity index (χ1n) is 14.8. The molecule has 1 aliphatic heterocycles. The fourth-order valence-electron chi connectivity index (χ4n) is 5.44. The SMILES string of the molecule is CC(C)C(NC(=O)C[C@@H]1O[C@@H]1[C@H](Cc1ccccc1)NC(=O)[C@H](CC(N)=O)NC(=O)c1ccc2ccccc2n1)C(C)C. The van der Waals surface area contributed by atoms with Crippen molar-refractivity contribution in [1.82, 2.24) is 20.9 Å². The van der Waals surface area contributed by atoms with E-state index in [0.29, 0.717) is 11.9 Å². The Morgan fingerprint density at radius 2 is 1.53 bits per heavy atom. The average molecular weight is 588 g/mol. The summed E-state index contributed by atoms with van der Waals surface area (Å²) in [5, 5.41) is 9.57. The second kappa shape index (κ2) is 14.2. The van der Waals surface area contributed by atoms with Crippen LogP contribution in [0.4, 0.5) is 0 Å². The normalized spacial score (nSPS) is 17.5. The Labute approximate surface area is 252 Å². The largest absolute Gasteiger partial charge is 0.370 e. The van der Waals surface area contributed by atoms with Gasteiger partial charge in [-0.3, -0.25) is 19.2 Å². The number of nitrogens with zero attached hydrogens (tertiary/aromatic N) is 1. The van der Waals surface area contributed by atoms with Crippen molar-refractivity contribution in [3.63, 3.8) is 0 Å². The average Bonchev–Trinajstić information content (AvgIpc) is 3.73. The Morgan fingerprint density at radius 1 is 0.860 bits per heavy atom.